The molecule has 3 aromatic carbocycles. The molecule has 1 N–H and O–H groups in total. The van der Waals surface area contributed by atoms with Gasteiger partial charge in [-0.2, -0.15) is 4.98 Å². The summed E-state index contributed by atoms with van der Waals surface area (Å²) < 4.78 is 8.95. The SMILES string of the molecule is CC1(C)CC(=O)C2=C(C1)Nc1nc(SCc3ccccc3)nn1C2c1ccc(OCc2ccc(Br)cc2)cc1. The van der Waals surface area contributed by atoms with Gasteiger partial charge in [0.05, 0.1) is 0 Å². The quantitative estimate of drug-likeness (QED) is 0.221. The van der Waals surface area contributed by atoms with Crippen LogP contribution in [0, 0.1) is 5.41 Å². The summed E-state index contributed by atoms with van der Waals surface area (Å²) in [6.45, 7) is 4.77. The van der Waals surface area contributed by atoms with E-state index in [1.165, 1.54) is 5.56 Å². The van der Waals surface area contributed by atoms with Crippen molar-refractivity contribution in [2.45, 2.75) is 50.2 Å². The van der Waals surface area contributed by atoms with Crippen molar-refractivity contribution in [3.63, 3.8) is 0 Å². The van der Waals surface area contributed by atoms with Crippen LogP contribution in [-0.2, 0) is 17.2 Å². The normalized spacial score (nSPS) is 17.8. The second-order valence-corrected chi connectivity index (χ2v) is 12.6. The summed E-state index contributed by atoms with van der Waals surface area (Å²) in [4.78, 5) is 18.3. The van der Waals surface area contributed by atoms with E-state index in [-0.39, 0.29) is 17.2 Å². The van der Waals surface area contributed by atoms with E-state index < -0.39 is 0 Å². The van der Waals surface area contributed by atoms with E-state index >= 15 is 0 Å². The molecule has 6 nitrogen and oxygen atoms in total. The Morgan fingerprint density at radius 2 is 1.74 bits per heavy atom. The van der Waals surface area contributed by atoms with Crippen molar-refractivity contribution in [2.24, 2.45) is 5.41 Å². The lowest BCUT2D eigenvalue weighted by molar-refractivity contribution is -0.118. The smallest absolute Gasteiger partial charge is 0.227 e. The van der Waals surface area contributed by atoms with Gasteiger partial charge in [-0.25, -0.2) is 4.68 Å². The lowest BCUT2D eigenvalue weighted by Gasteiger charge is -2.38. The predicted octanol–water partition coefficient (Wildman–Crippen LogP) is 7.57. The van der Waals surface area contributed by atoms with E-state index in [2.05, 4.69) is 47.2 Å². The zero-order chi connectivity index (χ0) is 27.0. The first-order chi connectivity index (χ1) is 18.8. The number of fused-ring (bicyclic) bond motifs is 1. The van der Waals surface area contributed by atoms with Crippen molar-refractivity contribution in [2.75, 3.05) is 5.32 Å². The first-order valence-corrected chi connectivity index (χ1v) is 14.8. The molecule has 0 saturated carbocycles. The van der Waals surface area contributed by atoms with Gasteiger partial charge in [0.1, 0.15) is 18.4 Å². The van der Waals surface area contributed by atoms with E-state index in [1.54, 1.807) is 11.8 Å². The van der Waals surface area contributed by atoms with Crippen LogP contribution in [0.2, 0.25) is 0 Å². The fourth-order valence-corrected chi connectivity index (χ4v) is 6.22. The highest BCUT2D eigenvalue weighted by Gasteiger charge is 2.41. The molecule has 4 aromatic rings. The van der Waals surface area contributed by atoms with Crippen LogP contribution in [0.25, 0.3) is 0 Å². The highest BCUT2D eigenvalue weighted by atomic mass is 79.9. The molecule has 0 fully saturated rings. The third-order valence-electron chi connectivity index (χ3n) is 7.04. The summed E-state index contributed by atoms with van der Waals surface area (Å²) in [6.07, 6.45) is 1.30. The first-order valence-electron chi connectivity index (χ1n) is 13.0. The Hall–Kier alpha value is -3.36. The molecule has 0 saturated heterocycles. The Balaban J connectivity index is 1.29. The molecule has 6 rings (SSSR count). The Bertz CT molecular complexity index is 1530. The van der Waals surface area contributed by atoms with Gasteiger partial charge in [-0.3, -0.25) is 4.79 Å². The Morgan fingerprint density at radius 1 is 1.00 bits per heavy atom. The van der Waals surface area contributed by atoms with Crippen LogP contribution in [0.3, 0.4) is 0 Å². The molecule has 0 spiro atoms. The molecule has 1 aliphatic carbocycles. The van der Waals surface area contributed by atoms with E-state index in [4.69, 9.17) is 14.8 Å². The minimum Gasteiger partial charge on any atom is -0.489 e. The summed E-state index contributed by atoms with van der Waals surface area (Å²) >= 11 is 5.06. The van der Waals surface area contributed by atoms with Crippen LogP contribution in [0.5, 0.6) is 5.75 Å². The standard InChI is InChI=1S/C31H29BrN4O2S/c1-31(2)16-25-27(26(37)17-31)28(22-10-14-24(15-11-22)38-18-20-8-12-23(32)13-9-20)36-29(33-25)34-30(35-36)39-19-21-6-4-3-5-7-21/h3-15,28H,16-19H2,1-2H3,(H,33,34,35). The summed E-state index contributed by atoms with van der Waals surface area (Å²) in [5.41, 5.74) is 4.93. The number of hydrogen-bond acceptors (Lipinski definition) is 6. The third kappa shape index (κ3) is 5.68. The number of carbonyl (C=O) groups is 1. The van der Waals surface area contributed by atoms with Gasteiger partial charge in [0, 0.05) is 27.9 Å². The molecule has 1 aliphatic heterocycles. The van der Waals surface area contributed by atoms with Crippen LogP contribution in [-0.4, -0.2) is 20.5 Å². The van der Waals surface area contributed by atoms with E-state index in [0.717, 1.165) is 44.8 Å². The molecule has 1 aromatic heterocycles. The van der Waals surface area contributed by atoms with Crippen LogP contribution in [0.1, 0.15) is 49.4 Å². The molecule has 0 amide bonds. The summed E-state index contributed by atoms with van der Waals surface area (Å²) in [5.74, 6) is 2.39. The number of Topliss-reactive ketones (excluding diaryl/α,β-unsaturated/α-hetero) is 1. The van der Waals surface area contributed by atoms with E-state index in [9.17, 15) is 4.79 Å². The molecule has 39 heavy (non-hydrogen) atoms. The van der Waals surface area contributed by atoms with Gasteiger partial charge in [-0.1, -0.05) is 96.1 Å². The first kappa shape index (κ1) is 25.9. The topological polar surface area (TPSA) is 69.0 Å². The lowest BCUT2D eigenvalue weighted by atomic mass is 9.73. The summed E-state index contributed by atoms with van der Waals surface area (Å²) in [6, 6.07) is 26.1. The van der Waals surface area contributed by atoms with Crippen LogP contribution >= 0.6 is 27.7 Å². The Kier molecular flexibility index (Phi) is 7.08. The number of hydrogen-bond donors (Lipinski definition) is 1. The molecule has 8 heteroatoms. The average Bonchev–Trinajstić information content (AvgIpc) is 3.33. The average molecular weight is 602 g/mol. The number of anilines is 1. The van der Waals surface area contributed by atoms with Gasteiger partial charge < -0.3 is 10.1 Å². The monoisotopic (exact) mass is 600 g/mol. The number of aromatic nitrogens is 3. The fourth-order valence-electron chi connectivity index (χ4n) is 5.17. The van der Waals surface area contributed by atoms with Gasteiger partial charge >= 0.3 is 0 Å². The van der Waals surface area contributed by atoms with Gasteiger partial charge in [0.2, 0.25) is 11.1 Å². The molecule has 1 atom stereocenters. The number of carbonyl (C=O) groups excluding carboxylic acids is 1. The van der Waals surface area contributed by atoms with Gasteiger partial charge in [0.25, 0.3) is 0 Å². The highest BCUT2D eigenvalue weighted by Crippen LogP contribution is 2.46. The molecule has 2 aliphatic rings. The van der Waals surface area contributed by atoms with Crippen molar-refractivity contribution in [1.82, 2.24) is 14.8 Å². The van der Waals surface area contributed by atoms with Crippen LogP contribution in [0.15, 0.2) is 99.8 Å². The van der Waals surface area contributed by atoms with Crippen molar-refractivity contribution in [1.29, 1.82) is 0 Å². The zero-order valence-electron chi connectivity index (χ0n) is 21.9. The number of benzene rings is 3. The number of nitrogens with zero attached hydrogens (tertiary/aromatic N) is 3. The largest absolute Gasteiger partial charge is 0.489 e. The number of thioether (sulfide) groups is 1. The Labute approximate surface area is 241 Å². The third-order valence-corrected chi connectivity index (χ3v) is 8.48. The number of nitrogens with one attached hydrogen (secondary N) is 1. The van der Waals surface area contributed by atoms with Crippen molar-refractivity contribution < 1.29 is 9.53 Å². The molecule has 2 heterocycles. The van der Waals surface area contributed by atoms with Crippen molar-refractivity contribution in [3.8, 4) is 5.75 Å². The Morgan fingerprint density at radius 3 is 2.49 bits per heavy atom. The molecule has 0 radical (unpaired) electrons. The van der Waals surface area contributed by atoms with Gasteiger partial charge in [-0.05, 0) is 52.8 Å². The fraction of sp³-hybridized carbons (Fsp3) is 0.258. The highest BCUT2D eigenvalue weighted by molar-refractivity contribution is 9.10. The number of rotatable bonds is 7. The molecular formula is C31H29BrN4O2S. The predicted molar refractivity (Wildman–Crippen MR) is 158 cm³/mol. The lowest BCUT2D eigenvalue weighted by Crippen LogP contribution is -2.36. The second kappa shape index (κ2) is 10.7. The van der Waals surface area contributed by atoms with Crippen LogP contribution in [0.4, 0.5) is 5.95 Å². The summed E-state index contributed by atoms with van der Waals surface area (Å²) in [5, 5.41) is 9.03. The molecule has 1 unspecified atom stereocenters. The summed E-state index contributed by atoms with van der Waals surface area (Å²) in [7, 11) is 0. The molecular weight excluding hydrogens is 572 g/mol. The molecule has 198 valence electrons. The number of allylic oxidation sites excluding steroid dienone is 2. The maximum absolute atomic E-state index is 13.5. The second-order valence-electron chi connectivity index (χ2n) is 10.8. The van der Waals surface area contributed by atoms with Crippen molar-refractivity contribution >= 4 is 39.4 Å². The number of ether oxygens (including phenoxy) is 1. The van der Waals surface area contributed by atoms with Crippen molar-refractivity contribution in [3.05, 3.63) is 111 Å². The zero-order valence-corrected chi connectivity index (χ0v) is 24.3. The minimum absolute atomic E-state index is 0.106. The van der Waals surface area contributed by atoms with Crippen LogP contribution < -0.4 is 10.1 Å². The van der Waals surface area contributed by atoms with Gasteiger partial charge in [-0.15, -0.1) is 5.10 Å². The number of halogens is 1. The minimum atomic E-state index is -0.334. The van der Waals surface area contributed by atoms with Gasteiger partial charge in [0.15, 0.2) is 5.78 Å². The molecule has 0 bridgehead atoms. The number of ketones is 1. The van der Waals surface area contributed by atoms with E-state index in [1.807, 2.05) is 71.4 Å². The maximum atomic E-state index is 13.5. The maximum Gasteiger partial charge on any atom is 0.227 e. The van der Waals surface area contributed by atoms with E-state index in [0.29, 0.717) is 24.1 Å².